The summed E-state index contributed by atoms with van der Waals surface area (Å²) in [6.45, 7) is 4.21. The fraction of sp³-hybridized carbons (Fsp3) is 0.750. The highest BCUT2D eigenvalue weighted by molar-refractivity contribution is 5.33. The van der Waals surface area contributed by atoms with Crippen molar-refractivity contribution in [1.82, 2.24) is 0 Å². The third-order valence-electron chi connectivity index (χ3n) is 1.48. The van der Waals surface area contributed by atoms with E-state index in [0.29, 0.717) is 6.54 Å². The SMILES string of the molecule is CC(CN=C=O)CC(C)N=C=O. The van der Waals surface area contributed by atoms with Gasteiger partial charge in [-0.15, -0.1) is 0 Å². The Hall–Kier alpha value is -1.24. The van der Waals surface area contributed by atoms with Crippen LogP contribution in [0.1, 0.15) is 20.3 Å². The van der Waals surface area contributed by atoms with Crippen molar-refractivity contribution >= 4 is 12.2 Å². The van der Waals surface area contributed by atoms with Crippen molar-refractivity contribution in [3.8, 4) is 0 Å². The van der Waals surface area contributed by atoms with E-state index in [1.165, 1.54) is 12.2 Å². The molecule has 0 amide bonds. The van der Waals surface area contributed by atoms with Crippen LogP contribution in [-0.4, -0.2) is 24.7 Å². The zero-order valence-corrected chi connectivity index (χ0v) is 7.28. The van der Waals surface area contributed by atoms with Gasteiger partial charge in [-0.05, 0) is 19.3 Å². The van der Waals surface area contributed by atoms with Crippen LogP contribution in [0.4, 0.5) is 0 Å². The van der Waals surface area contributed by atoms with E-state index in [4.69, 9.17) is 0 Å². The first-order chi connectivity index (χ1) is 5.70. The molecule has 0 aliphatic rings. The van der Waals surface area contributed by atoms with E-state index in [2.05, 4.69) is 9.98 Å². The first kappa shape index (κ1) is 10.8. The molecule has 0 radical (unpaired) electrons. The van der Waals surface area contributed by atoms with Gasteiger partial charge in [0.1, 0.15) is 0 Å². The molecule has 2 atom stereocenters. The highest BCUT2D eigenvalue weighted by Gasteiger charge is 2.06. The van der Waals surface area contributed by atoms with E-state index in [0.717, 1.165) is 6.42 Å². The molecule has 0 aliphatic carbocycles. The Bertz CT molecular complexity index is 215. The number of hydrogen-bond donors (Lipinski definition) is 0. The van der Waals surface area contributed by atoms with Gasteiger partial charge in [-0.2, -0.15) is 0 Å². The Morgan fingerprint density at radius 1 is 1.25 bits per heavy atom. The smallest absolute Gasteiger partial charge is 0.211 e. The van der Waals surface area contributed by atoms with Gasteiger partial charge in [-0.25, -0.2) is 19.6 Å². The molecule has 0 heterocycles. The van der Waals surface area contributed by atoms with Crippen LogP contribution >= 0.6 is 0 Å². The number of isocyanates is 2. The first-order valence-corrected chi connectivity index (χ1v) is 3.81. The molecule has 0 N–H and O–H groups in total. The minimum atomic E-state index is -0.0423. The van der Waals surface area contributed by atoms with E-state index in [1.807, 2.05) is 13.8 Å². The maximum atomic E-state index is 9.83. The van der Waals surface area contributed by atoms with Crippen molar-refractivity contribution in [2.75, 3.05) is 6.54 Å². The van der Waals surface area contributed by atoms with Gasteiger partial charge < -0.3 is 0 Å². The number of hydrogen-bond acceptors (Lipinski definition) is 4. The molecule has 4 nitrogen and oxygen atoms in total. The van der Waals surface area contributed by atoms with E-state index in [1.54, 1.807) is 0 Å². The zero-order chi connectivity index (χ0) is 9.40. The van der Waals surface area contributed by atoms with Crippen molar-refractivity contribution in [1.29, 1.82) is 0 Å². The topological polar surface area (TPSA) is 58.9 Å². The van der Waals surface area contributed by atoms with Gasteiger partial charge in [0.25, 0.3) is 0 Å². The third kappa shape index (κ3) is 5.54. The van der Waals surface area contributed by atoms with Crippen LogP contribution in [0.25, 0.3) is 0 Å². The summed E-state index contributed by atoms with van der Waals surface area (Å²) in [5.74, 6) is 0.249. The standard InChI is InChI=1S/C8H12N2O2/c1-7(4-9-5-11)3-8(2)10-6-12/h7-8H,3-4H2,1-2H3. The van der Waals surface area contributed by atoms with Crippen molar-refractivity contribution in [2.24, 2.45) is 15.9 Å². The number of carbonyl (C=O) groups excluding carboxylic acids is 2. The summed E-state index contributed by atoms with van der Waals surface area (Å²) in [7, 11) is 0. The third-order valence-corrected chi connectivity index (χ3v) is 1.48. The average molecular weight is 168 g/mol. The Morgan fingerprint density at radius 2 is 1.92 bits per heavy atom. The summed E-state index contributed by atoms with van der Waals surface area (Å²) >= 11 is 0. The average Bonchev–Trinajstić information content (AvgIpc) is 2.01. The molecule has 12 heavy (non-hydrogen) atoms. The molecule has 0 bridgehead atoms. The zero-order valence-electron chi connectivity index (χ0n) is 7.28. The molecule has 0 rings (SSSR count). The van der Waals surface area contributed by atoms with E-state index >= 15 is 0 Å². The van der Waals surface area contributed by atoms with Crippen molar-refractivity contribution in [3.63, 3.8) is 0 Å². The van der Waals surface area contributed by atoms with E-state index < -0.39 is 0 Å². The van der Waals surface area contributed by atoms with Crippen LogP contribution in [0.3, 0.4) is 0 Å². The van der Waals surface area contributed by atoms with Crippen LogP contribution in [0.15, 0.2) is 9.98 Å². The second kappa shape index (κ2) is 6.47. The Morgan fingerprint density at radius 3 is 2.42 bits per heavy atom. The Kier molecular flexibility index (Phi) is 5.80. The number of rotatable bonds is 5. The molecule has 0 aromatic heterocycles. The minimum absolute atomic E-state index is 0.0423. The second-order valence-electron chi connectivity index (χ2n) is 2.84. The van der Waals surface area contributed by atoms with Crippen LogP contribution in [-0.2, 0) is 9.59 Å². The molecular formula is C8H12N2O2. The largest absolute Gasteiger partial charge is 0.235 e. The number of nitrogens with zero attached hydrogens (tertiary/aromatic N) is 2. The van der Waals surface area contributed by atoms with Gasteiger partial charge in [0.05, 0.1) is 12.6 Å². The van der Waals surface area contributed by atoms with Crippen molar-refractivity contribution < 1.29 is 9.59 Å². The molecule has 4 heteroatoms. The lowest BCUT2D eigenvalue weighted by atomic mass is 10.0. The molecule has 0 saturated carbocycles. The normalized spacial score (nSPS) is 13.8. The lowest BCUT2D eigenvalue weighted by molar-refractivity contribution is 0.484. The first-order valence-electron chi connectivity index (χ1n) is 3.81. The van der Waals surface area contributed by atoms with Crippen LogP contribution in [0.2, 0.25) is 0 Å². The molecule has 0 fully saturated rings. The highest BCUT2D eigenvalue weighted by atomic mass is 16.1. The summed E-state index contributed by atoms with van der Waals surface area (Å²) < 4.78 is 0. The summed E-state index contributed by atoms with van der Waals surface area (Å²) in [6.07, 6.45) is 3.70. The van der Waals surface area contributed by atoms with Gasteiger partial charge in [0.15, 0.2) is 0 Å². The van der Waals surface area contributed by atoms with Crippen molar-refractivity contribution in [3.05, 3.63) is 0 Å². The van der Waals surface area contributed by atoms with Gasteiger partial charge >= 0.3 is 0 Å². The van der Waals surface area contributed by atoms with Crippen LogP contribution in [0.5, 0.6) is 0 Å². The monoisotopic (exact) mass is 168 g/mol. The summed E-state index contributed by atoms with van der Waals surface area (Å²) in [6, 6.07) is -0.0423. The highest BCUT2D eigenvalue weighted by Crippen LogP contribution is 2.07. The van der Waals surface area contributed by atoms with Gasteiger partial charge in [0.2, 0.25) is 12.2 Å². The maximum Gasteiger partial charge on any atom is 0.235 e. The molecule has 0 spiro atoms. The summed E-state index contributed by atoms with van der Waals surface area (Å²) in [4.78, 5) is 26.5. The van der Waals surface area contributed by atoms with Gasteiger partial charge in [-0.1, -0.05) is 6.92 Å². The molecule has 0 aromatic carbocycles. The van der Waals surface area contributed by atoms with E-state index in [-0.39, 0.29) is 12.0 Å². The summed E-state index contributed by atoms with van der Waals surface area (Å²) in [5.41, 5.74) is 0. The molecule has 0 aliphatic heterocycles. The Balaban J connectivity index is 3.74. The maximum absolute atomic E-state index is 9.83. The molecular weight excluding hydrogens is 156 g/mol. The minimum Gasteiger partial charge on any atom is -0.211 e. The van der Waals surface area contributed by atoms with E-state index in [9.17, 15) is 9.59 Å². The van der Waals surface area contributed by atoms with Gasteiger partial charge in [0, 0.05) is 0 Å². The summed E-state index contributed by atoms with van der Waals surface area (Å²) in [5, 5.41) is 0. The predicted molar refractivity (Wildman–Crippen MR) is 44.4 cm³/mol. The lowest BCUT2D eigenvalue weighted by Crippen LogP contribution is -2.08. The molecule has 66 valence electrons. The predicted octanol–water partition coefficient (Wildman–Crippen LogP) is 1.07. The fourth-order valence-corrected chi connectivity index (χ4v) is 0.993. The van der Waals surface area contributed by atoms with Gasteiger partial charge in [-0.3, -0.25) is 0 Å². The molecule has 0 saturated heterocycles. The molecule has 0 aromatic rings. The number of aliphatic imine (C=N–C) groups is 2. The quantitative estimate of drug-likeness (QED) is 0.455. The van der Waals surface area contributed by atoms with Crippen molar-refractivity contribution in [2.45, 2.75) is 26.3 Å². The van der Waals surface area contributed by atoms with Crippen LogP contribution in [0, 0.1) is 5.92 Å². The lowest BCUT2D eigenvalue weighted by Gasteiger charge is -2.08. The molecule has 2 unspecified atom stereocenters. The van der Waals surface area contributed by atoms with Crippen LogP contribution < -0.4 is 0 Å². The fourth-order valence-electron chi connectivity index (χ4n) is 0.993. The Labute approximate surface area is 71.4 Å². The second-order valence-corrected chi connectivity index (χ2v) is 2.84.